The number of rotatable bonds is 9. The summed E-state index contributed by atoms with van der Waals surface area (Å²) in [6.07, 6.45) is 7.36. The number of aromatic nitrogens is 6. The number of carbonyl (C=O) groups excluding carboxylic acids is 1. The summed E-state index contributed by atoms with van der Waals surface area (Å²) in [5.41, 5.74) is 1.54. The molecule has 2 aromatic carbocycles. The molecule has 1 aliphatic rings. The monoisotopic (exact) mass is 568 g/mol. The average molecular weight is 569 g/mol. The van der Waals surface area contributed by atoms with Crippen LogP contribution in [0.1, 0.15) is 5.69 Å². The van der Waals surface area contributed by atoms with Crippen LogP contribution in [0.4, 0.5) is 15.9 Å². The lowest BCUT2D eigenvalue weighted by Crippen LogP contribution is -2.55. The number of benzene rings is 2. The van der Waals surface area contributed by atoms with Crippen molar-refractivity contribution in [1.82, 2.24) is 34.6 Å². The van der Waals surface area contributed by atoms with E-state index in [4.69, 9.17) is 14.2 Å². The third-order valence-corrected chi connectivity index (χ3v) is 6.53. The molecular formula is C29H25FN8O4. The molecule has 1 N–H and O–H groups in total. The lowest BCUT2D eigenvalue weighted by molar-refractivity contribution is -0.134. The second-order valence-electron chi connectivity index (χ2n) is 9.41. The molecule has 1 amide bonds. The summed E-state index contributed by atoms with van der Waals surface area (Å²) in [5, 5.41) is 7.95. The van der Waals surface area contributed by atoms with Crippen LogP contribution in [0.25, 0.3) is 16.7 Å². The Morgan fingerprint density at radius 2 is 1.95 bits per heavy atom. The van der Waals surface area contributed by atoms with E-state index >= 15 is 4.39 Å². The van der Waals surface area contributed by atoms with Crippen molar-refractivity contribution in [1.29, 1.82) is 0 Å². The molecule has 1 aliphatic heterocycles. The van der Waals surface area contributed by atoms with Crippen molar-refractivity contribution in [2.24, 2.45) is 0 Å². The standard InChI is InChI=1S/C29H25FN8O4/c1-4-28(39)37-14-19(15-37)41-25-10-20-23(11-24(25)40-3)33-16-34-29(20)35-22-6-5-18(9-21(22)30)42-27-7-8-38(36-27)26-13-31-17(2)12-32-26/h4-13,16,19H,1,14-15H2,2-3H3,(H,33,34,35). The van der Waals surface area contributed by atoms with Gasteiger partial charge in [0.25, 0.3) is 0 Å². The fourth-order valence-corrected chi connectivity index (χ4v) is 4.32. The molecule has 212 valence electrons. The highest BCUT2D eigenvalue weighted by atomic mass is 19.1. The highest BCUT2D eigenvalue weighted by molar-refractivity contribution is 5.93. The van der Waals surface area contributed by atoms with E-state index in [1.54, 1.807) is 53.8 Å². The summed E-state index contributed by atoms with van der Waals surface area (Å²) in [6, 6.07) is 9.51. The number of amides is 1. The second-order valence-corrected chi connectivity index (χ2v) is 9.41. The van der Waals surface area contributed by atoms with Gasteiger partial charge in [-0.25, -0.2) is 24.0 Å². The van der Waals surface area contributed by atoms with Crippen LogP contribution >= 0.6 is 0 Å². The van der Waals surface area contributed by atoms with Crippen LogP contribution in [0.3, 0.4) is 0 Å². The zero-order valence-corrected chi connectivity index (χ0v) is 22.7. The third-order valence-electron chi connectivity index (χ3n) is 6.53. The van der Waals surface area contributed by atoms with Crippen molar-refractivity contribution in [3.05, 3.63) is 85.5 Å². The summed E-state index contributed by atoms with van der Waals surface area (Å²) in [5.74, 6) is 1.65. The van der Waals surface area contributed by atoms with Crippen molar-refractivity contribution in [3.63, 3.8) is 0 Å². The van der Waals surface area contributed by atoms with Crippen molar-refractivity contribution in [2.45, 2.75) is 13.0 Å². The number of ether oxygens (including phenoxy) is 3. The van der Waals surface area contributed by atoms with Gasteiger partial charge in [-0.1, -0.05) is 6.58 Å². The zero-order chi connectivity index (χ0) is 29.2. The smallest absolute Gasteiger partial charge is 0.246 e. The molecule has 0 atom stereocenters. The molecule has 3 aromatic heterocycles. The summed E-state index contributed by atoms with van der Waals surface area (Å²) in [6.45, 7) is 6.22. The topological polar surface area (TPSA) is 129 Å². The molecule has 0 aliphatic carbocycles. The van der Waals surface area contributed by atoms with E-state index in [1.807, 2.05) is 6.92 Å². The van der Waals surface area contributed by atoms with E-state index in [2.05, 4.69) is 36.9 Å². The number of likely N-dealkylation sites (tertiary alicyclic amines) is 1. The maximum atomic E-state index is 15.2. The van der Waals surface area contributed by atoms with Crippen LogP contribution in [0.2, 0.25) is 0 Å². The Balaban J connectivity index is 1.19. The van der Waals surface area contributed by atoms with Gasteiger partial charge in [0.1, 0.15) is 29.8 Å². The quantitative estimate of drug-likeness (QED) is 0.256. The molecule has 6 rings (SSSR count). The van der Waals surface area contributed by atoms with Gasteiger partial charge in [-0.05, 0) is 31.2 Å². The first kappa shape index (κ1) is 26.6. The van der Waals surface area contributed by atoms with Crippen LogP contribution in [-0.4, -0.2) is 66.8 Å². The van der Waals surface area contributed by atoms with Gasteiger partial charge in [0.05, 0.1) is 49.5 Å². The van der Waals surface area contributed by atoms with Gasteiger partial charge >= 0.3 is 0 Å². The van der Waals surface area contributed by atoms with Crippen LogP contribution in [0.5, 0.6) is 23.1 Å². The number of nitrogens with zero attached hydrogens (tertiary/aromatic N) is 7. The predicted molar refractivity (Wildman–Crippen MR) is 151 cm³/mol. The molecule has 0 saturated carbocycles. The Bertz CT molecular complexity index is 1790. The lowest BCUT2D eigenvalue weighted by atomic mass is 10.1. The minimum Gasteiger partial charge on any atom is -0.493 e. The number of aryl methyl sites for hydroxylation is 1. The van der Waals surface area contributed by atoms with E-state index in [9.17, 15) is 4.79 Å². The Morgan fingerprint density at radius 3 is 2.69 bits per heavy atom. The summed E-state index contributed by atoms with van der Waals surface area (Å²) in [7, 11) is 1.53. The maximum absolute atomic E-state index is 15.2. The van der Waals surface area contributed by atoms with Crippen LogP contribution in [-0.2, 0) is 4.79 Å². The number of methoxy groups -OCH3 is 1. The third kappa shape index (κ3) is 5.39. The van der Waals surface area contributed by atoms with Gasteiger partial charge in [-0.2, -0.15) is 0 Å². The molecule has 0 spiro atoms. The number of halogens is 1. The van der Waals surface area contributed by atoms with Gasteiger partial charge in [0.2, 0.25) is 11.8 Å². The van der Waals surface area contributed by atoms with Gasteiger partial charge in [0.15, 0.2) is 17.3 Å². The van der Waals surface area contributed by atoms with Crippen LogP contribution in [0.15, 0.2) is 74.0 Å². The minimum absolute atomic E-state index is 0.148. The van der Waals surface area contributed by atoms with Crippen molar-refractivity contribution in [2.75, 3.05) is 25.5 Å². The number of hydrogen-bond donors (Lipinski definition) is 1. The first-order chi connectivity index (χ1) is 20.4. The molecule has 13 heteroatoms. The number of anilines is 2. The Hall–Kier alpha value is -5.59. The van der Waals surface area contributed by atoms with Crippen LogP contribution < -0.4 is 19.5 Å². The molecule has 42 heavy (non-hydrogen) atoms. The molecule has 1 fully saturated rings. The molecule has 12 nitrogen and oxygen atoms in total. The normalized spacial score (nSPS) is 13.0. The molecule has 4 heterocycles. The Labute approximate surface area is 239 Å². The highest BCUT2D eigenvalue weighted by Gasteiger charge is 2.31. The summed E-state index contributed by atoms with van der Waals surface area (Å²) >= 11 is 0. The van der Waals surface area contributed by atoms with Gasteiger partial charge < -0.3 is 24.4 Å². The zero-order valence-electron chi connectivity index (χ0n) is 22.7. The number of hydrogen-bond acceptors (Lipinski definition) is 10. The highest BCUT2D eigenvalue weighted by Crippen LogP contribution is 2.36. The molecule has 0 unspecified atom stereocenters. The molecule has 0 bridgehead atoms. The van der Waals surface area contributed by atoms with E-state index < -0.39 is 5.82 Å². The average Bonchev–Trinajstić information content (AvgIpc) is 3.44. The fraction of sp³-hybridized carbons (Fsp3) is 0.172. The van der Waals surface area contributed by atoms with Gasteiger partial charge in [0, 0.05) is 29.8 Å². The maximum Gasteiger partial charge on any atom is 0.246 e. The van der Waals surface area contributed by atoms with E-state index in [0.717, 1.165) is 5.69 Å². The van der Waals surface area contributed by atoms with Crippen molar-refractivity contribution >= 4 is 28.3 Å². The molecule has 5 aromatic rings. The van der Waals surface area contributed by atoms with E-state index in [1.165, 1.54) is 30.3 Å². The first-order valence-corrected chi connectivity index (χ1v) is 12.9. The lowest BCUT2D eigenvalue weighted by Gasteiger charge is -2.38. The van der Waals surface area contributed by atoms with Crippen molar-refractivity contribution in [3.8, 4) is 28.9 Å². The summed E-state index contributed by atoms with van der Waals surface area (Å²) < 4.78 is 34.1. The molecular weight excluding hydrogens is 543 g/mol. The number of nitrogens with one attached hydrogen (secondary N) is 1. The Morgan fingerprint density at radius 1 is 1.10 bits per heavy atom. The SMILES string of the molecule is C=CC(=O)N1CC(Oc2cc3c(Nc4ccc(Oc5ccn(-c6cnc(C)cn6)n5)cc4F)ncnc3cc2OC)C1. The van der Waals surface area contributed by atoms with Crippen molar-refractivity contribution < 1.29 is 23.4 Å². The molecule has 1 saturated heterocycles. The largest absolute Gasteiger partial charge is 0.493 e. The summed E-state index contributed by atoms with van der Waals surface area (Å²) in [4.78, 5) is 30.5. The fourth-order valence-electron chi connectivity index (χ4n) is 4.32. The van der Waals surface area contributed by atoms with Gasteiger partial charge in [-0.15, -0.1) is 5.10 Å². The second kappa shape index (κ2) is 11.1. The minimum atomic E-state index is -0.561. The predicted octanol–water partition coefficient (Wildman–Crippen LogP) is 4.37. The van der Waals surface area contributed by atoms with E-state index in [0.29, 0.717) is 47.1 Å². The van der Waals surface area contributed by atoms with Crippen LogP contribution in [0, 0.1) is 12.7 Å². The number of fused-ring (bicyclic) bond motifs is 1. The molecule has 0 radical (unpaired) electrons. The Kier molecular flexibility index (Phi) is 7.05. The van der Waals surface area contributed by atoms with Gasteiger partial charge in [-0.3, -0.25) is 9.78 Å². The van der Waals surface area contributed by atoms with E-state index in [-0.39, 0.29) is 29.3 Å². The number of carbonyl (C=O) groups is 1. The first-order valence-electron chi connectivity index (χ1n) is 12.9.